The number of rotatable bonds is 3. The fourth-order valence-electron chi connectivity index (χ4n) is 2.15. The van der Waals surface area contributed by atoms with Crippen molar-refractivity contribution in [2.45, 2.75) is 6.42 Å². The molecule has 0 saturated carbocycles. The molecule has 2 aromatic carbocycles. The van der Waals surface area contributed by atoms with Gasteiger partial charge in [-0.15, -0.1) is 0 Å². The number of amidine groups is 1. The van der Waals surface area contributed by atoms with Crippen LogP contribution >= 0.6 is 15.9 Å². The van der Waals surface area contributed by atoms with E-state index in [0.717, 1.165) is 15.6 Å². The van der Waals surface area contributed by atoms with E-state index in [1.807, 2.05) is 24.3 Å². The second-order valence-electron chi connectivity index (χ2n) is 4.90. The quantitative estimate of drug-likeness (QED) is 0.835. The lowest BCUT2D eigenvalue weighted by Crippen LogP contribution is -2.25. The number of hydrogen-bond donors (Lipinski definition) is 1. The van der Waals surface area contributed by atoms with Crippen molar-refractivity contribution in [1.29, 1.82) is 0 Å². The Morgan fingerprint density at radius 3 is 2.68 bits per heavy atom. The summed E-state index contributed by atoms with van der Waals surface area (Å²) in [6.45, 7) is 0. The number of carbonyl (C=O) groups excluding carboxylic acids is 1. The molecule has 5 heteroatoms. The van der Waals surface area contributed by atoms with E-state index in [1.165, 1.54) is 12.1 Å². The van der Waals surface area contributed by atoms with Crippen molar-refractivity contribution in [1.82, 2.24) is 5.32 Å². The molecule has 22 heavy (non-hydrogen) atoms. The summed E-state index contributed by atoms with van der Waals surface area (Å²) in [5, 5.41) is 2.74. The Bertz CT molecular complexity index is 782. The van der Waals surface area contributed by atoms with Gasteiger partial charge in [-0.1, -0.05) is 40.2 Å². The average molecular weight is 359 g/mol. The third kappa shape index (κ3) is 3.49. The summed E-state index contributed by atoms with van der Waals surface area (Å²) < 4.78 is 13.8. The van der Waals surface area contributed by atoms with Crippen molar-refractivity contribution in [3.05, 3.63) is 75.6 Å². The van der Waals surface area contributed by atoms with E-state index in [9.17, 15) is 9.18 Å². The monoisotopic (exact) mass is 358 g/mol. The van der Waals surface area contributed by atoms with E-state index in [1.54, 1.807) is 18.2 Å². The van der Waals surface area contributed by atoms with Crippen LogP contribution in [-0.4, -0.2) is 11.7 Å². The number of hydrogen-bond acceptors (Lipinski definition) is 2. The summed E-state index contributed by atoms with van der Waals surface area (Å²) in [5.74, 6) is 0.0614. The first-order valence-electron chi connectivity index (χ1n) is 6.71. The van der Waals surface area contributed by atoms with Gasteiger partial charge in [0.05, 0.1) is 0 Å². The second-order valence-corrected chi connectivity index (χ2v) is 5.82. The van der Waals surface area contributed by atoms with E-state index >= 15 is 0 Å². The zero-order valence-electron chi connectivity index (χ0n) is 11.5. The fraction of sp³-hybridized carbons (Fsp3) is 0.0588. The molecule has 1 N–H and O–H groups in total. The smallest absolute Gasteiger partial charge is 0.275 e. The number of halogens is 2. The minimum atomic E-state index is -0.281. The third-order valence-corrected chi connectivity index (χ3v) is 3.68. The van der Waals surface area contributed by atoms with Crippen LogP contribution in [0.3, 0.4) is 0 Å². The Morgan fingerprint density at radius 2 is 1.95 bits per heavy atom. The molecule has 0 fully saturated rings. The van der Waals surface area contributed by atoms with E-state index in [4.69, 9.17) is 0 Å². The first-order valence-corrected chi connectivity index (χ1v) is 7.50. The number of carbonyl (C=O) groups is 1. The standard InChI is InChI=1S/C17H12BrFN2O/c18-13-3-1-2-12(8-13)9-15-17(22)21-16(20-15)10-11-4-6-14(19)7-5-11/h1-9H,10H2,(H,20,21,22)/b15-9+. The highest BCUT2D eigenvalue weighted by atomic mass is 79.9. The van der Waals surface area contributed by atoms with Crippen LogP contribution in [0.1, 0.15) is 11.1 Å². The molecule has 1 heterocycles. The van der Waals surface area contributed by atoms with Crippen molar-refractivity contribution in [2.75, 3.05) is 0 Å². The summed E-state index contributed by atoms with van der Waals surface area (Å²) in [4.78, 5) is 16.3. The van der Waals surface area contributed by atoms with Crippen LogP contribution in [-0.2, 0) is 11.2 Å². The molecule has 0 saturated heterocycles. The molecule has 0 atom stereocenters. The van der Waals surface area contributed by atoms with Gasteiger partial charge in [0.15, 0.2) is 0 Å². The van der Waals surface area contributed by atoms with Crippen LogP contribution in [0.25, 0.3) is 6.08 Å². The number of benzene rings is 2. The zero-order chi connectivity index (χ0) is 15.5. The molecule has 1 aliphatic rings. The molecule has 3 nitrogen and oxygen atoms in total. The van der Waals surface area contributed by atoms with E-state index in [-0.39, 0.29) is 11.7 Å². The molecule has 0 bridgehead atoms. The molecule has 110 valence electrons. The molecule has 0 aliphatic carbocycles. The first-order chi connectivity index (χ1) is 10.6. The zero-order valence-corrected chi connectivity index (χ0v) is 13.1. The molecular weight excluding hydrogens is 347 g/mol. The minimum absolute atomic E-state index is 0.225. The summed E-state index contributed by atoms with van der Waals surface area (Å²) >= 11 is 3.39. The molecule has 1 aliphatic heterocycles. The van der Waals surface area contributed by atoms with Gasteiger partial charge in [0.25, 0.3) is 5.91 Å². The van der Waals surface area contributed by atoms with E-state index in [2.05, 4.69) is 26.2 Å². The molecular formula is C17H12BrFN2O. The molecule has 0 spiro atoms. The van der Waals surface area contributed by atoms with E-state index < -0.39 is 0 Å². The van der Waals surface area contributed by atoms with Crippen LogP contribution in [0.4, 0.5) is 4.39 Å². The molecule has 0 radical (unpaired) electrons. The lowest BCUT2D eigenvalue weighted by molar-refractivity contribution is -0.115. The predicted molar refractivity (Wildman–Crippen MR) is 87.8 cm³/mol. The lowest BCUT2D eigenvalue weighted by Gasteiger charge is -2.00. The van der Waals surface area contributed by atoms with Crippen LogP contribution < -0.4 is 5.32 Å². The Labute approximate surface area is 135 Å². The summed E-state index contributed by atoms with van der Waals surface area (Å²) in [7, 11) is 0. The predicted octanol–water partition coefficient (Wildman–Crippen LogP) is 3.70. The molecule has 2 aromatic rings. The van der Waals surface area contributed by atoms with Gasteiger partial charge in [0.2, 0.25) is 0 Å². The number of nitrogens with zero attached hydrogens (tertiary/aromatic N) is 1. The summed E-state index contributed by atoms with van der Waals surface area (Å²) in [6, 6.07) is 13.8. The molecule has 0 aromatic heterocycles. The van der Waals surface area contributed by atoms with Gasteiger partial charge >= 0.3 is 0 Å². The SMILES string of the molecule is O=C1NC(Cc2ccc(F)cc2)=N/C1=C/c1cccc(Br)c1. The van der Waals surface area contributed by atoms with Crippen molar-refractivity contribution in [2.24, 2.45) is 4.99 Å². The van der Waals surface area contributed by atoms with Crippen molar-refractivity contribution in [3.8, 4) is 0 Å². The molecule has 1 amide bonds. The minimum Gasteiger partial charge on any atom is -0.308 e. The van der Waals surface area contributed by atoms with Crippen LogP contribution in [0.5, 0.6) is 0 Å². The normalized spacial score (nSPS) is 15.8. The number of aliphatic imine (C=N–C) groups is 1. The largest absolute Gasteiger partial charge is 0.308 e. The topological polar surface area (TPSA) is 41.5 Å². The first kappa shape index (κ1) is 14.7. The van der Waals surface area contributed by atoms with Gasteiger partial charge in [0, 0.05) is 10.9 Å². The third-order valence-electron chi connectivity index (χ3n) is 3.18. The number of amides is 1. The molecule has 0 unspecified atom stereocenters. The summed E-state index contributed by atoms with van der Waals surface area (Å²) in [6.07, 6.45) is 2.19. The lowest BCUT2D eigenvalue weighted by atomic mass is 10.1. The van der Waals surface area contributed by atoms with Gasteiger partial charge in [-0.05, 0) is 41.5 Å². The Hall–Kier alpha value is -2.27. The van der Waals surface area contributed by atoms with Gasteiger partial charge in [-0.3, -0.25) is 4.79 Å². The highest BCUT2D eigenvalue weighted by molar-refractivity contribution is 9.10. The number of nitrogens with one attached hydrogen (secondary N) is 1. The van der Waals surface area contributed by atoms with Crippen LogP contribution in [0.2, 0.25) is 0 Å². The van der Waals surface area contributed by atoms with Crippen molar-refractivity contribution >= 4 is 33.7 Å². The summed E-state index contributed by atoms with van der Waals surface area (Å²) in [5.41, 5.74) is 2.16. The highest BCUT2D eigenvalue weighted by Crippen LogP contribution is 2.17. The Balaban J connectivity index is 1.80. The second kappa shape index (κ2) is 6.23. The Morgan fingerprint density at radius 1 is 1.18 bits per heavy atom. The van der Waals surface area contributed by atoms with Crippen LogP contribution in [0.15, 0.2) is 63.7 Å². The van der Waals surface area contributed by atoms with Gasteiger partial charge in [-0.25, -0.2) is 9.38 Å². The Kier molecular flexibility index (Phi) is 4.15. The van der Waals surface area contributed by atoms with Crippen LogP contribution in [0, 0.1) is 5.82 Å². The maximum absolute atomic E-state index is 12.9. The maximum Gasteiger partial charge on any atom is 0.275 e. The van der Waals surface area contributed by atoms with Gasteiger partial charge < -0.3 is 5.32 Å². The highest BCUT2D eigenvalue weighted by Gasteiger charge is 2.19. The van der Waals surface area contributed by atoms with Crippen molar-refractivity contribution < 1.29 is 9.18 Å². The van der Waals surface area contributed by atoms with Gasteiger partial charge in [0.1, 0.15) is 17.3 Å². The fourth-order valence-corrected chi connectivity index (χ4v) is 2.57. The maximum atomic E-state index is 12.9. The average Bonchev–Trinajstić information content (AvgIpc) is 2.81. The molecule has 3 rings (SSSR count). The van der Waals surface area contributed by atoms with Crippen molar-refractivity contribution in [3.63, 3.8) is 0 Å². The van der Waals surface area contributed by atoms with Gasteiger partial charge in [-0.2, -0.15) is 0 Å². The van der Waals surface area contributed by atoms with E-state index in [0.29, 0.717) is 18.0 Å².